The van der Waals surface area contributed by atoms with Crippen LogP contribution in [0.15, 0.2) is 54.6 Å². The number of methoxy groups -OCH3 is 1. The van der Waals surface area contributed by atoms with Gasteiger partial charge < -0.3 is 15.0 Å². The minimum absolute atomic E-state index is 0.0329. The number of nitrogens with one attached hydrogen (secondary N) is 1. The second-order valence-electron chi connectivity index (χ2n) is 8.53. The van der Waals surface area contributed by atoms with Crippen LogP contribution in [0.25, 0.3) is 0 Å². The number of benzene rings is 2. The van der Waals surface area contributed by atoms with Gasteiger partial charge in [0.25, 0.3) is 0 Å². The second-order valence-corrected chi connectivity index (χ2v) is 10.4. The van der Waals surface area contributed by atoms with Crippen molar-refractivity contribution in [3.8, 4) is 5.75 Å². The van der Waals surface area contributed by atoms with Gasteiger partial charge in [0, 0.05) is 12.6 Å². The molecule has 0 bridgehead atoms. The molecule has 1 N–H and O–H groups in total. The van der Waals surface area contributed by atoms with Gasteiger partial charge in [-0.05, 0) is 56.0 Å². The van der Waals surface area contributed by atoms with E-state index in [0.717, 1.165) is 22.5 Å². The van der Waals surface area contributed by atoms with Crippen molar-refractivity contribution in [2.24, 2.45) is 0 Å². The molecule has 2 atom stereocenters. The summed E-state index contributed by atoms with van der Waals surface area (Å²) in [5.74, 6) is -0.0993. The van der Waals surface area contributed by atoms with Crippen LogP contribution in [0.4, 0.5) is 5.69 Å². The summed E-state index contributed by atoms with van der Waals surface area (Å²) < 4.78 is 31.5. The molecule has 2 amide bonds. The predicted molar refractivity (Wildman–Crippen MR) is 139 cm³/mol. The summed E-state index contributed by atoms with van der Waals surface area (Å²) in [5, 5.41) is 2.96. The van der Waals surface area contributed by atoms with Crippen molar-refractivity contribution in [3.05, 3.63) is 60.2 Å². The zero-order valence-corrected chi connectivity index (χ0v) is 22.0. The molecule has 8 nitrogen and oxygen atoms in total. The molecule has 2 aromatic carbocycles. The largest absolute Gasteiger partial charge is 0.497 e. The van der Waals surface area contributed by atoms with Gasteiger partial charge in [0.1, 0.15) is 18.3 Å². The molecule has 0 radical (unpaired) electrons. The molecule has 0 unspecified atom stereocenters. The zero-order valence-electron chi connectivity index (χ0n) is 21.2. The molecule has 0 saturated carbocycles. The summed E-state index contributed by atoms with van der Waals surface area (Å²) in [6.07, 6.45) is 2.77. The van der Waals surface area contributed by atoms with E-state index < -0.39 is 28.5 Å². The maximum absolute atomic E-state index is 13.6. The average molecular weight is 504 g/mol. The Bertz CT molecular complexity index is 1060. The first-order valence-corrected chi connectivity index (χ1v) is 13.7. The van der Waals surface area contributed by atoms with Crippen molar-refractivity contribution in [2.75, 3.05) is 30.8 Å². The number of hydrogen-bond acceptors (Lipinski definition) is 5. The van der Waals surface area contributed by atoms with Crippen LogP contribution in [-0.4, -0.2) is 63.7 Å². The summed E-state index contributed by atoms with van der Waals surface area (Å²) in [4.78, 5) is 28.2. The molecule has 0 aliphatic rings. The molecule has 0 fully saturated rings. The number of carbonyl (C=O) groups excluding carboxylic acids is 2. The van der Waals surface area contributed by atoms with Crippen LogP contribution in [0.2, 0.25) is 0 Å². The molecule has 0 aliphatic heterocycles. The molecular weight excluding hydrogens is 466 g/mol. The fraction of sp³-hybridized carbons (Fsp3) is 0.462. The lowest BCUT2D eigenvalue weighted by atomic mass is 10.1. The number of anilines is 1. The summed E-state index contributed by atoms with van der Waals surface area (Å²) in [6, 6.07) is 15.4. The standard InChI is InChI=1S/C26H37N3O5S/c1-6-20(3)27-26(31)24(7-2)28(18-17-21-11-9-8-10-12-21)25(30)19-29(35(5,32)33)22-13-15-23(34-4)16-14-22/h8-16,20,24H,6-7,17-19H2,1-5H3,(H,27,31)/t20-,24+/m0/s1. The van der Waals surface area contributed by atoms with E-state index in [4.69, 9.17) is 4.74 Å². The van der Waals surface area contributed by atoms with Crippen molar-refractivity contribution in [1.29, 1.82) is 0 Å². The number of ether oxygens (including phenoxy) is 1. The van der Waals surface area contributed by atoms with Gasteiger partial charge >= 0.3 is 0 Å². The van der Waals surface area contributed by atoms with Crippen LogP contribution in [0, 0.1) is 0 Å². The summed E-state index contributed by atoms with van der Waals surface area (Å²) in [7, 11) is -2.24. The van der Waals surface area contributed by atoms with E-state index in [-0.39, 0.29) is 18.5 Å². The highest BCUT2D eigenvalue weighted by atomic mass is 32.2. The maximum Gasteiger partial charge on any atom is 0.244 e. The third-order valence-electron chi connectivity index (χ3n) is 5.91. The molecule has 35 heavy (non-hydrogen) atoms. The first kappa shape index (κ1) is 28.2. The van der Waals surface area contributed by atoms with E-state index >= 15 is 0 Å². The van der Waals surface area contributed by atoms with E-state index in [2.05, 4.69) is 5.32 Å². The predicted octanol–water partition coefficient (Wildman–Crippen LogP) is 3.23. The molecule has 2 aromatic rings. The Kier molecular flexibility index (Phi) is 10.6. The highest BCUT2D eigenvalue weighted by molar-refractivity contribution is 7.92. The fourth-order valence-electron chi connectivity index (χ4n) is 3.70. The number of amides is 2. The molecule has 2 rings (SSSR count). The minimum Gasteiger partial charge on any atom is -0.497 e. The molecule has 0 saturated heterocycles. The highest BCUT2D eigenvalue weighted by Gasteiger charge is 2.31. The normalized spacial score (nSPS) is 12.9. The van der Waals surface area contributed by atoms with E-state index in [0.29, 0.717) is 24.3 Å². The first-order chi connectivity index (χ1) is 16.6. The Balaban J connectivity index is 2.35. The number of sulfonamides is 1. The van der Waals surface area contributed by atoms with Crippen molar-refractivity contribution in [2.45, 2.75) is 52.1 Å². The van der Waals surface area contributed by atoms with Gasteiger partial charge in [-0.2, -0.15) is 0 Å². The molecule has 9 heteroatoms. The summed E-state index contributed by atoms with van der Waals surface area (Å²) >= 11 is 0. The highest BCUT2D eigenvalue weighted by Crippen LogP contribution is 2.22. The van der Waals surface area contributed by atoms with Crippen molar-refractivity contribution in [3.63, 3.8) is 0 Å². The van der Waals surface area contributed by atoms with Crippen molar-refractivity contribution in [1.82, 2.24) is 10.2 Å². The lowest BCUT2D eigenvalue weighted by Crippen LogP contribution is -2.54. The van der Waals surface area contributed by atoms with Crippen LogP contribution in [0.3, 0.4) is 0 Å². The Hall–Kier alpha value is -3.07. The fourth-order valence-corrected chi connectivity index (χ4v) is 4.55. The molecule has 192 valence electrons. The lowest BCUT2D eigenvalue weighted by Gasteiger charge is -2.33. The second kappa shape index (κ2) is 13.1. The average Bonchev–Trinajstić information content (AvgIpc) is 2.84. The van der Waals surface area contributed by atoms with Gasteiger partial charge in [-0.1, -0.05) is 44.2 Å². The summed E-state index contributed by atoms with van der Waals surface area (Å²) in [5.41, 5.74) is 1.37. The first-order valence-electron chi connectivity index (χ1n) is 11.9. The molecule has 0 aromatic heterocycles. The minimum atomic E-state index is -3.76. The molecular formula is C26H37N3O5S. The van der Waals surface area contributed by atoms with Gasteiger partial charge in [0.2, 0.25) is 21.8 Å². The Morgan fingerprint density at radius 3 is 2.14 bits per heavy atom. The number of rotatable bonds is 13. The molecule has 0 aliphatic carbocycles. The Labute approximate surface area is 209 Å². The number of nitrogens with zero attached hydrogens (tertiary/aromatic N) is 2. The van der Waals surface area contributed by atoms with Crippen molar-refractivity contribution < 1.29 is 22.7 Å². The zero-order chi connectivity index (χ0) is 26.0. The van der Waals surface area contributed by atoms with Crippen LogP contribution in [0.5, 0.6) is 5.75 Å². The van der Waals surface area contributed by atoms with Crippen LogP contribution in [-0.2, 0) is 26.0 Å². The van der Waals surface area contributed by atoms with Crippen LogP contribution >= 0.6 is 0 Å². The third kappa shape index (κ3) is 8.28. The Morgan fingerprint density at radius 1 is 1.00 bits per heavy atom. The van der Waals surface area contributed by atoms with Crippen LogP contribution < -0.4 is 14.4 Å². The van der Waals surface area contributed by atoms with Crippen LogP contribution in [0.1, 0.15) is 39.2 Å². The quantitative estimate of drug-likeness (QED) is 0.453. The smallest absolute Gasteiger partial charge is 0.244 e. The van der Waals surface area contributed by atoms with Crippen molar-refractivity contribution >= 4 is 27.5 Å². The van der Waals surface area contributed by atoms with Gasteiger partial charge in [0.15, 0.2) is 0 Å². The Morgan fingerprint density at radius 2 is 1.63 bits per heavy atom. The van der Waals surface area contributed by atoms with E-state index in [1.54, 1.807) is 24.3 Å². The van der Waals surface area contributed by atoms with E-state index in [9.17, 15) is 18.0 Å². The SMILES string of the molecule is CC[C@H](C(=O)N[C@@H](C)CC)N(CCc1ccccc1)C(=O)CN(c1ccc(OC)cc1)S(C)(=O)=O. The maximum atomic E-state index is 13.6. The monoisotopic (exact) mass is 503 g/mol. The van der Waals surface area contributed by atoms with E-state index in [1.165, 1.54) is 12.0 Å². The number of carbonyl (C=O) groups is 2. The summed E-state index contributed by atoms with van der Waals surface area (Å²) in [6.45, 7) is 5.61. The van der Waals surface area contributed by atoms with Gasteiger partial charge in [-0.25, -0.2) is 8.42 Å². The van der Waals surface area contributed by atoms with E-state index in [1.807, 2.05) is 51.1 Å². The van der Waals surface area contributed by atoms with Gasteiger partial charge in [-0.15, -0.1) is 0 Å². The molecule has 0 heterocycles. The third-order valence-corrected chi connectivity index (χ3v) is 7.05. The van der Waals surface area contributed by atoms with Gasteiger partial charge in [0.05, 0.1) is 19.1 Å². The molecule has 0 spiro atoms. The number of hydrogen-bond donors (Lipinski definition) is 1. The van der Waals surface area contributed by atoms with Gasteiger partial charge in [-0.3, -0.25) is 13.9 Å². The topological polar surface area (TPSA) is 96.0 Å². The lowest BCUT2D eigenvalue weighted by molar-refractivity contribution is -0.139.